The van der Waals surface area contributed by atoms with Crippen LogP contribution in [-0.2, 0) is 22.5 Å². The maximum absolute atomic E-state index is 12.7. The van der Waals surface area contributed by atoms with Gasteiger partial charge in [0.1, 0.15) is 11.4 Å². The first-order valence-corrected chi connectivity index (χ1v) is 10.4. The maximum atomic E-state index is 12.7. The van der Waals surface area contributed by atoms with Gasteiger partial charge in [0.2, 0.25) is 0 Å². The number of thioether (sulfide) groups is 1. The number of nitrogens with zero attached hydrogens (tertiary/aromatic N) is 2. The topological polar surface area (TPSA) is 61.2 Å². The number of hydrogen-bond acceptors (Lipinski definition) is 6. The highest BCUT2D eigenvalue weighted by atomic mass is 32.2. The quantitative estimate of drug-likeness (QED) is 0.291. The second kappa shape index (κ2) is 9.22. The smallest absolute Gasteiger partial charge is 0.326 e. The molecule has 0 aromatic carbocycles. The molecule has 0 amide bonds. The summed E-state index contributed by atoms with van der Waals surface area (Å²) in [5.41, 5.74) is -0.164. The molecule has 0 N–H and O–H groups in total. The number of aromatic nitrogens is 2. The number of hydrogen-bond donors (Lipinski definition) is 0. The van der Waals surface area contributed by atoms with Crippen molar-refractivity contribution in [3.63, 3.8) is 0 Å². The molecule has 2 aromatic rings. The molecule has 0 aliphatic rings. The third kappa shape index (κ3) is 4.60. The van der Waals surface area contributed by atoms with Crippen molar-refractivity contribution in [2.45, 2.75) is 57.7 Å². The van der Waals surface area contributed by atoms with Crippen LogP contribution in [-0.4, -0.2) is 28.4 Å². The third-order valence-corrected chi connectivity index (χ3v) is 5.60. The summed E-state index contributed by atoms with van der Waals surface area (Å²) >= 11 is 2.91. The minimum Gasteiger partial charge on any atom is -0.464 e. The molecule has 0 aliphatic heterocycles. The van der Waals surface area contributed by atoms with Crippen LogP contribution in [0.25, 0.3) is 10.2 Å². The average molecular weight is 369 g/mol. The molecule has 132 valence electrons. The molecule has 0 radical (unpaired) electrons. The highest BCUT2D eigenvalue weighted by molar-refractivity contribution is 7.98. The fourth-order valence-corrected chi connectivity index (χ4v) is 3.97. The molecule has 24 heavy (non-hydrogen) atoms. The number of thiophene rings is 1. The van der Waals surface area contributed by atoms with Crippen molar-refractivity contribution in [3.8, 4) is 0 Å². The molecule has 2 rings (SSSR count). The van der Waals surface area contributed by atoms with Gasteiger partial charge in [-0.1, -0.05) is 44.9 Å². The number of ether oxygens (including phenoxy) is 1. The molecule has 0 atom stereocenters. The Hall–Kier alpha value is -1.34. The summed E-state index contributed by atoms with van der Waals surface area (Å²) in [6.45, 7) is 4.52. The lowest BCUT2D eigenvalue weighted by Gasteiger charge is -2.10. The standard InChI is InChI=1S/C17H24N2O3S2/c1-4-6-7-8-9-22-14(20)11-19-16(21)13-10-12(5-2)24-15(13)18-17(19)23-3/h10H,4-9,11H2,1-3H3. The van der Waals surface area contributed by atoms with Crippen molar-refractivity contribution < 1.29 is 9.53 Å². The van der Waals surface area contributed by atoms with Gasteiger partial charge in [-0.05, 0) is 25.2 Å². The molecule has 0 aliphatic carbocycles. The van der Waals surface area contributed by atoms with Crippen molar-refractivity contribution in [1.82, 2.24) is 9.55 Å². The summed E-state index contributed by atoms with van der Waals surface area (Å²) in [5.74, 6) is -0.379. The first kappa shape index (κ1) is 19.0. The molecule has 0 unspecified atom stereocenters. The lowest BCUT2D eigenvalue weighted by Crippen LogP contribution is -2.27. The maximum Gasteiger partial charge on any atom is 0.326 e. The highest BCUT2D eigenvalue weighted by Crippen LogP contribution is 2.24. The van der Waals surface area contributed by atoms with Crippen LogP contribution in [0.3, 0.4) is 0 Å². The Morgan fingerprint density at radius 1 is 1.33 bits per heavy atom. The molecule has 0 saturated carbocycles. The zero-order valence-electron chi connectivity index (χ0n) is 14.5. The monoisotopic (exact) mass is 368 g/mol. The van der Waals surface area contributed by atoms with Gasteiger partial charge in [0, 0.05) is 4.88 Å². The summed E-state index contributed by atoms with van der Waals surface area (Å²) in [6, 6.07) is 1.88. The zero-order chi connectivity index (χ0) is 17.5. The average Bonchev–Trinajstić information content (AvgIpc) is 3.00. The van der Waals surface area contributed by atoms with E-state index in [9.17, 15) is 9.59 Å². The second-order valence-corrected chi connectivity index (χ2v) is 7.44. The summed E-state index contributed by atoms with van der Waals surface area (Å²) in [4.78, 5) is 31.1. The van der Waals surface area contributed by atoms with Gasteiger partial charge in [-0.2, -0.15) is 0 Å². The Balaban J connectivity index is 2.13. The van der Waals surface area contributed by atoms with E-state index in [0.29, 0.717) is 17.1 Å². The van der Waals surface area contributed by atoms with E-state index in [1.54, 1.807) is 0 Å². The van der Waals surface area contributed by atoms with Gasteiger partial charge in [-0.3, -0.25) is 14.2 Å². The van der Waals surface area contributed by atoms with Crippen molar-refractivity contribution in [2.24, 2.45) is 0 Å². The summed E-state index contributed by atoms with van der Waals surface area (Å²) < 4.78 is 6.68. The summed E-state index contributed by atoms with van der Waals surface area (Å²) in [6.07, 6.45) is 6.94. The van der Waals surface area contributed by atoms with E-state index in [2.05, 4.69) is 18.8 Å². The van der Waals surface area contributed by atoms with E-state index in [4.69, 9.17) is 4.74 Å². The van der Waals surface area contributed by atoms with E-state index >= 15 is 0 Å². The van der Waals surface area contributed by atoms with Gasteiger partial charge < -0.3 is 4.74 Å². The van der Waals surface area contributed by atoms with Crippen LogP contribution in [0.5, 0.6) is 0 Å². The van der Waals surface area contributed by atoms with Gasteiger partial charge in [0.05, 0.1) is 12.0 Å². The Morgan fingerprint density at radius 2 is 2.12 bits per heavy atom. The van der Waals surface area contributed by atoms with Gasteiger partial charge in [-0.25, -0.2) is 4.98 Å². The largest absolute Gasteiger partial charge is 0.464 e. The molecule has 2 aromatic heterocycles. The molecular formula is C17H24N2O3S2. The van der Waals surface area contributed by atoms with Crippen molar-refractivity contribution in [3.05, 3.63) is 21.3 Å². The SMILES string of the molecule is CCCCCCOC(=O)Cn1c(SC)nc2sc(CC)cc2c1=O. The summed E-state index contributed by atoms with van der Waals surface area (Å²) in [5, 5.41) is 1.14. The molecule has 0 bridgehead atoms. The van der Waals surface area contributed by atoms with E-state index in [1.165, 1.54) is 27.7 Å². The van der Waals surface area contributed by atoms with Crippen LogP contribution in [0.4, 0.5) is 0 Å². The van der Waals surface area contributed by atoms with Crippen LogP contribution < -0.4 is 5.56 Å². The first-order valence-electron chi connectivity index (χ1n) is 8.33. The van der Waals surface area contributed by atoms with Crippen LogP contribution in [0.1, 0.15) is 44.4 Å². The van der Waals surface area contributed by atoms with Gasteiger partial charge >= 0.3 is 5.97 Å². The predicted octanol–water partition coefficient (Wildman–Crippen LogP) is 3.87. The Bertz CT molecular complexity index is 752. The minimum atomic E-state index is -0.379. The molecule has 2 heterocycles. The van der Waals surface area contributed by atoms with Crippen LogP contribution in [0.2, 0.25) is 0 Å². The van der Waals surface area contributed by atoms with E-state index in [0.717, 1.165) is 41.8 Å². The Labute approximate surface area is 150 Å². The van der Waals surface area contributed by atoms with E-state index < -0.39 is 0 Å². The number of aryl methyl sites for hydroxylation is 1. The van der Waals surface area contributed by atoms with Crippen molar-refractivity contribution in [2.75, 3.05) is 12.9 Å². The molecule has 5 nitrogen and oxygen atoms in total. The predicted molar refractivity (Wildman–Crippen MR) is 100 cm³/mol. The Morgan fingerprint density at radius 3 is 2.79 bits per heavy atom. The number of esters is 1. The number of fused-ring (bicyclic) bond motifs is 1. The molecule has 0 spiro atoms. The van der Waals surface area contributed by atoms with E-state index in [1.807, 2.05) is 12.3 Å². The minimum absolute atomic E-state index is 0.0803. The molecule has 0 fully saturated rings. The lowest BCUT2D eigenvalue weighted by atomic mass is 10.2. The van der Waals surface area contributed by atoms with Gasteiger partial charge in [0.15, 0.2) is 5.16 Å². The Kier molecular flexibility index (Phi) is 7.30. The second-order valence-electron chi connectivity index (χ2n) is 5.56. The fourth-order valence-electron chi connectivity index (χ4n) is 2.41. The molecule has 7 heteroatoms. The van der Waals surface area contributed by atoms with Crippen LogP contribution in [0.15, 0.2) is 16.0 Å². The highest BCUT2D eigenvalue weighted by Gasteiger charge is 2.16. The van der Waals surface area contributed by atoms with Crippen LogP contribution in [0, 0.1) is 0 Å². The first-order chi connectivity index (χ1) is 11.6. The number of unbranched alkanes of at least 4 members (excludes halogenated alkanes) is 3. The number of carbonyl (C=O) groups is 1. The molecule has 0 saturated heterocycles. The van der Waals surface area contributed by atoms with Gasteiger partial charge in [-0.15, -0.1) is 11.3 Å². The fraction of sp³-hybridized carbons (Fsp3) is 0.588. The van der Waals surface area contributed by atoms with Crippen LogP contribution >= 0.6 is 23.1 Å². The normalized spacial score (nSPS) is 11.1. The number of rotatable bonds is 9. The lowest BCUT2D eigenvalue weighted by molar-refractivity contribution is -0.144. The third-order valence-electron chi connectivity index (χ3n) is 3.75. The van der Waals surface area contributed by atoms with Crippen molar-refractivity contribution >= 4 is 39.3 Å². The summed E-state index contributed by atoms with van der Waals surface area (Å²) in [7, 11) is 0. The van der Waals surface area contributed by atoms with Gasteiger partial charge in [0.25, 0.3) is 5.56 Å². The van der Waals surface area contributed by atoms with E-state index in [-0.39, 0.29) is 18.1 Å². The molecular weight excluding hydrogens is 344 g/mol. The zero-order valence-corrected chi connectivity index (χ0v) is 16.1. The van der Waals surface area contributed by atoms with Crippen molar-refractivity contribution in [1.29, 1.82) is 0 Å². The number of carbonyl (C=O) groups excluding carboxylic acids is 1.